The summed E-state index contributed by atoms with van der Waals surface area (Å²) in [5.74, 6) is 0. The third-order valence-corrected chi connectivity index (χ3v) is 4.16. The summed E-state index contributed by atoms with van der Waals surface area (Å²) in [4.78, 5) is 0. The van der Waals surface area contributed by atoms with Crippen molar-refractivity contribution in [2.24, 2.45) is 0 Å². The largest absolute Gasteiger partial charge is 0.312 e. The fraction of sp³-hybridized carbons (Fsp3) is 0.333. The highest BCUT2D eigenvalue weighted by molar-refractivity contribution is 9.10. The van der Waals surface area contributed by atoms with E-state index < -0.39 is 0 Å². The standard InChI is InChI=1S/C18H22BrN/c1-13-10-14(2)18(15(3)11-13)8-9-20-12-16-4-6-17(19)7-5-16/h4-7,10-11,20H,8-9,12H2,1-3H3. The molecule has 20 heavy (non-hydrogen) atoms. The van der Waals surface area contributed by atoms with Gasteiger partial charge < -0.3 is 5.32 Å². The van der Waals surface area contributed by atoms with Crippen molar-refractivity contribution in [2.75, 3.05) is 6.54 Å². The Kier molecular flexibility index (Phi) is 5.38. The first kappa shape index (κ1) is 15.3. The van der Waals surface area contributed by atoms with Crippen molar-refractivity contribution in [1.29, 1.82) is 0 Å². The number of rotatable bonds is 5. The van der Waals surface area contributed by atoms with Gasteiger partial charge >= 0.3 is 0 Å². The minimum absolute atomic E-state index is 0.928. The Morgan fingerprint density at radius 1 is 0.950 bits per heavy atom. The Bertz CT molecular complexity index is 549. The summed E-state index contributed by atoms with van der Waals surface area (Å²) < 4.78 is 1.13. The van der Waals surface area contributed by atoms with Gasteiger partial charge in [0, 0.05) is 11.0 Å². The van der Waals surface area contributed by atoms with E-state index in [-0.39, 0.29) is 0 Å². The van der Waals surface area contributed by atoms with Crippen LogP contribution in [-0.2, 0) is 13.0 Å². The second kappa shape index (κ2) is 7.05. The maximum atomic E-state index is 3.52. The Balaban J connectivity index is 1.86. The fourth-order valence-electron chi connectivity index (χ4n) is 2.65. The molecule has 0 bridgehead atoms. The van der Waals surface area contributed by atoms with Gasteiger partial charge in [0.05, 0.1) is 0 Å². The minimum atomic E-state index is 0.928. The summed E-state index contributed by atoms with van der Waals surface area (Å²) in [7, 11) is 0. The lowest BCUT2D eigenvalue weighted by molar-refractivity contribution is 0.684. The normalized spacial score (nSPS) is 10.8. The first-order valence-corrected chi connectivity index (χ1v) is 7.87. The van der Waals surface area contributed by atoms with Crippen LogP contribution < -0.4 is 5.32 Å². The van der Waals surface area contributed by atoms with Gasteiger partial charge in [0.2, 0.25) is 0 Å². The predicted molar refractivity (Wildman–Crippen MR) is 90.2 cm³/mol. The van der Waals surface area contributed by atoms with Gasteiger partial charge in [-0.3, -0.25) is 0 Å². The second-order valence-electron chi connectivity index (χ2n) is 5.43. The number of halogens is 1. The van der Waals surface area contributed by atoms with Crippen LogP contribution in [0.4, 0.5) is 0 Å². The van der Waals surface area contributed by atoms with E-state index in [1.807, 2.05) is 0 Å². The van der Waals surface area contributed by atoms with Crippen LogP contribution in [0.25, 0.3) is 0 Å². The Morgan fingerprint density at radius 3 is 2.15 bits per heavy atom. The van der Waals surface area contributed by atoms with Crippen LogP contribution in [0.1, 0.15) is 27.8 Å². The van der Waals surface area contributed by atoms with Gasteiger partial charge in [-0.1, -0.05) is 45.8 Å². The van der Waals surface area contributed by atoms with Crippen molar-refractivity contribution >= 4 is 15.9 Å². The van der Waals surface area contributed by atoms with Crippen LogP contribution in [0.15, 0.2) is 40.9 Å². The average Bonchev–Trinajstić information content (AvgIpc) is 2.39. The van der Waals surface area contributed by atoms with Gasteiger partial charge in [-0.2, -0.15) is 0 Å². The molecule has 0 unspecified atom stereocenters. The first-order valence-electron chi connectivity index (χ1n) is 7.08. The molecule has 0 amide bonds. The third-order valence-electron chi connectivity index (χ3n) is 3.63. The van der Waals surface area contributed by atoms with Gasteiger partial charge in [0.25, 0.3) is 0 Å². The molecule has 0 aliphatic heterocycles. The molecule has 0 aliphatic rings. The van der Waals surface area contributed by atoms with Crippen molar-refractivity contribution in [3.05, 3.63) is 68.7 Å². The Hall–Kier alpha value is -1.12. The molecule has 1 N–H and O–H groups in total. The maximum Gasteiger partial charge on any atom is 0.0205 e. The van der Waals surface area contributed by atoms with E-state index in [9.17, 15) is 0 Å². The zero-order valence-corrected chi connectivity index (χ0v) is 14.0. The number of hydrogen-bond acceptors (Lipinski definition) is 1. The van der Waals surface area contributed by atoms with Crippen molar-refractivity contribution in [1.82, 2.24) is 5.32 Å². The van der Waals surface area contributed by atoms with Crippen LogP contribution in [0.2, 0.25) is 0 Å². The van der Waals surface area contributed by atoms with Crippen LogP contribution in [0.3, 0.4) is 0 Å². The van der Waals surface area contributed by atoms with E-state index in [1.165, 1.54) is 27.8 Å². The maximum absolute atomic E-state index is 3.52. The zero-order chi connectivity index (χ0) is 14.5. The fourth-order valence-corrected chi connectivity index (χ4v) is 2.92. The van der Waals surface area contributed by atoms with Crippen LogP contribution >= 0.6 is 15.9 Å². The number of hydrogen-bond donors (Lipinski definition) is 1. The highest BCUT2D eigenvalue weighted by atomic mass is 79.9. The topological polar surface area (TPSA) is 12.0 Å². The molecule has 0 saturated carbocycles. The zero-order valence-electron chi connectivity index (χ0n) is 12.5. The second-order valence-corrected chi connectivity index (χ2v) is 6.35. The van der Waals surface area contributed by atoms with E-state index in [0.717, 1.165) is 24.0 Å². The molecule has 0 heterocycles. The molecule has 0 aliphatic carbocycles. The van der Waals surface area contributed by atoms with Gasteiger partial charge in [-0.25, -0.2) is 0 Å². The monoisotopic (exact) mass is 331 g/mol. The highest BCUT2D eigenvalue weighted by Crippen LogP contribution is 2.16. The molecule has 106 valence electrons. The first-order chi connectivity index (χ1) is 9.56. The van der Waals surface area contributed by atoms with Crippen molar-refractivity contribution < 1.29 is 0 Å². The quantitative estimate of drug-likeness (QED) is 0.782. The molecule has 0 spiro atoms. The smallest absolute Gasteiger partial charge is 0.0205 e. The van der Waals surface area contributed by atoms with Crippen LogP contribution in [-0.4, -0.2) is 6.54 Å². The third kappa shape index (κ3) is 4.19. The molecule has 2 aromatic carbocycles. The predicted octanol–water partition coefficient (Wildman–Crippen LogP) is 4.71. The Morgan fingerprint density at radius 2 is 1.55 bits per heavy atom. The van der Waals surface area contributed by atoms with Crippen molar-refractivity contribution in [3.8, 4) is 0 Å². The summed E-state index contributed by atoms with van der Waals surface area (Å²) >= 11 is 3.46. The minimum Gasteiger partial charge on any atom is -0.312 e. The molecule has 0 fully saturated rings. The lowest BCUT2D eigenvalue weighted by Crippen LogP contribution is -2.17. The SMILES string of the molecule is Cc1cc(C)c(CCNCc2ccc(Br)cc2)c(C)c1. The molecule has 0 radical (unpaired) electrons. The van der Waals surface area contributed by atoms with E-state index >= 15 is 0 Å². The van der Waals surface area contributed by atoms with Gasteiger partial charge in [0.15, 0.2) is 0 Å². The molecule has 0 atom stereocenters. The van der Waals surface area contributed by atoms with Gasteiger partial charge in [-0.05, 0) is 68.1 Å². The van der Waals surface area contributed by atoms with Crippen LogP contribution in [0.5, 0.6) is 0 Å². The van der Waals surface area contributed by atoms with E-state index in [4.69, 9.17) is 0 Å². The van der Waals surface area contributed by atoms with Crippen molar-refractivity contribution in [2.45, 2.75) is 33.7 Å². The molecule has 2 heteroatoms. The summed E-state index contributed by atoms with van der Waals surface area (Å²) in [6.07, 6.45) is 1.09. The molecule has 0 saturated heterocycles. The number of benzene rings is 2. The Labute approximate surface area is 130 Å². The van der Waals surface area contributed by atoms with E-state index in [2.05, 4.69) is 78.4 Å². The average molecular weight is 332 g/mol. The lowest BCUT2D eigenvalue weighted by atomic mass is 9.97. The number of nitrogens with one attached hydrogen (secondary N) is 1. The summed E-state index contributed by atoms with van der Waals surface area (Å²) in [6, 6.07) is 13.0. The highest BCUT2D eigenvalue weighted by Gasteiger charge is 2.03. The van der Waals surface area contributed by atoms with E-state index in [0.29, 0.717) is 0 Å². The molecule has 1 nitrogen and oxygen atoms in total. The summed E-state index contributed by atoms with van der Waals surface area (Å²) in [6.45, 7) is 8.53. The molecule has 0 aromatic heterocycles. The summed E-state index contributed by atoms with van der Waals surface area (Å²) in [5.41, 5.74) is 6.98. The van der Waals surface area contributed by atoms with Gasteiger partial charge in [0.1, 0.15) is 0 Å². The van der Waals surface area contributed by atoms with E-state index in [1.54, 1.807) is 0 Å². The lowest BCUT2D eigenvalue weighted by Gasteiger charge is -2.12. The molecular weight excluding hydrogens is 310 g/mol. The van der Waals surface area contributed by atoms with Gasteiger partial charge in [-0.15, -0.1) is 0 Å². The summed E-state index contributed by atoms with van der Waals surface area (Å²) in [5, 5.41) is 3.52. The van der Waals surface area contributed by atoms with Crippen LogP contribution in [0, 0.1) is 20.8 Å². The van der Waals surface area contributed by atoms with Crippen molar-refractivity contribution in [3.63, 3.8) is 0 Å². The number of aryl methyl sites for hydroxylation is 3. The molecule has 2 rings (SSSR count). The molecule has 2 aromatic rings. The molecular formula is C18H22BrN.